The smallest absolute Gasteiger partial charge is 0.230 e. The van der Waals surface area contributed by atoms with E-state index in [1.807, 2.05) is 0 Å². The van der Waals surface area contributed by atoms with Gasteiger partial charge in [0.1, 0.15) is 0 Å². The topological polar surface area (TPSA) is 58.4 Å². The van der Waals surface area contributed by atoms with Crippen LogP contribution in [0.2, 0.25) is 0 Å². The number of nitrogens with zero attached hydrogens (tertiary/aromatic N) is 1. The lowest BCUT2D eigenvalue weighted by Crippen LogP contribution is -2.35. The summed E-state index contributed by atoms with van der Waals surface area (Å²) in [6.07, 6.45) is 0. The van der Waals surface area contributed by atoms with E-state index in [4.69, 9.17) is 5.73 Å². The summed E-state index contributed by atoms with van der Waals surface area (Å²) in [6, 6.07) is 0. The minimum Gasteiger partial charge on any atom is -0.354 e. The monoisotopic (exact) mass is 233 g/mol. The Kier molecular flexibility index (Phi) is 10.1. The summed E-state index contributed by atoms with van der Waals surface area (Å²) in [5, 5.41) is 2.90. The second kappa shape index (κ2) is 10.3. The molecule has 0 aliphatic heterocycles. The predicted octanol–water partition coefficient (Wildman–Crippen LogP) is 0.136. The van der Waals surface area contributed by atoms with E-state index in [-0.39, 0.29) is 5.91 Å². The first kappa shape index (κ1) is 14.7. The highest BCUT2D eigenvalue weighted by Crippen LogP contribution is 1.96. The van der Waals surface area contributed by atoms with Gasteiger partial charge in [-0.05, 0) is 13.1 Å². The molecular formula is C10H23N3OS. The number of nitrogens with two attached hydrogens (primary N) is 1. The SMILES string of the molecule is CCN(CC)CCNC(=O)CSCCN. The molecule has 0 aromatic rings. The van der Waals surface area contributed by atoms with Crippen LogP contribution in [0.25, 0.3) is 0 Å². The summed E-state index contributed by atoms with van der Waals surface area (Å²) in [4.78, 5) is 13.6. The first-order chi connectivity index (χ1) is 7.24. The van der Waals surface area contributed by atoms with Crippen molar-refractivity contribution in [2.24, 2.45) is 5.73 Å². The molecule has 0 radical (unpaired) electrons. The van der Waals surface area contributed by atoms with E-state index in [1.165, 1.54) is 0 Å². The highest BCUT2D eigenvalue weighted by Gasteiger charge is 2.02. The van der Waals surface area contributed by atoms with Crippen LogP contribution in [0.4, 0.5) is 0 Å². The molecule has 0 aromatic heterocycles. The fraction of sp³-hybridized carbons (Fsp3) is 0.900. The van der Waals surface area contributed by atoms with Crippen molar-refractivity contribution in [2.45, 2.75) is 13.8 Å². The second-order valence-corrected chi connectivity index (χ2v) is 4.32. The molecule has 5 heteroatoms. The summed E-state index contributed by atoms with van der Waals surface area (Å²) in [5.74, 6) is 1.49. The average molecular weight is 233 g/mol. The van der Waals surface area contributed by atoms with Gasteiger partial charge in [0.15, 0.2) is 0 Å². The van der Waals surface area contributed by atoms with Crippen LogP contribution in [0, 0.1) is 0 Å². The van der Waals surface area contributed by atoms with Crippen LogP contribution in [0.5, 0.6) is 0 Å². The van der Waals surface area contributed by atoms with Crippen molar-refractivity contribution in [1.82, 2.24) is 10.2 Å². The largest absolute Gasteiger partial charge is 0.354 e. The molecule has 0 heterocycles. The molecule has 0 aromatic carbocycles. The zero-order valence-electron chi connectivity index (χ0n) is 9.79. The van der Waals surface area contributed by atoms with Crippen LogP contribution < -0.4 is 11.1 Å². The van der Waals surface area contributed by atoms with E-state index >= 15 is 0 Å². The molecule has 90 valence electrons. The number of carbonyl (C=O) groups excluding carboxylic acids is 1. The van der Waals surface area contributed by atoms with Gasteiger partial charge in [-0.25, -0.2) is 0 Å². The molecule has 0 rings (SSSR count). The Morgan fingerprint density at radius 2 is 2.07 bits per heavy atom. The van der Waals surface area contributed by atoms with Crippen LogP contribution in [-0.4, -0.2) is 55.0 Å². The van der Waals surface area contributed by atoms with Crippen molar-refractivity contribution in [1.29, 1.82) is 0 Å². The molecule has 3 N–H and O–H groups in total. The van der Waals surface area contributed by atoms with E-state index < -0.39 is 0 Å². The standard InChI is InChI=1S/C10H23N3OS/c1-3-13(4-2)7-6-12-10(14)9-15-8-5-11/h3-9,11H2,1-2H3,(H,12,14). The van der Waals surface area contributed by atoms with Gasteiger partial charge in [-0.1, -0.05) is 13.8 Å². The van der Waals surface area contributed by atoms with Crippen molar-refractivity contribution >= 4 is 17.7 Å². The maximum Gasteiger partial charge on any atom is 0.230 e. The molecule has 0 bridgehead atoms. The number of thioether (sulfide) groups is 1. The third-order valence-electron chi connectivity index (χ3n) is 2.14. The van der Waals surface area contributed by atoms with Gasteiger partial charge in [0, 0.05) is 25.4 Å². The number of amides is 1. The van der Waals surface area contributed by atoms with Crippen molar-refractivity contribution in [3.05, 3.63) is 0 Å². The van der Waals surface area contributed by atoms with Gasteiger partial charge in [-0.2, -0.15) is 11.8 Å². The number of hydrogen-bond acceptors (Lipinski definition) is 4. The van der Waals surface area contributed by atoms with E-state index in [0.717, 1.165) is 31.9 Å². The lowest BCUT2D eigenvalue weighted by molar-refractivity contribution is -0.118. The van der Waals surface area contributed by atoms with E-state index in [9.17, 15) is 4.79 Å². The van der Waals surface area contributed by atoms with Gasteiger partial charge in [-0.3, -0.25) is 4.79 Å². The van der Waals surface area contributed by atoms with E-state index in [0.29, 0.717) is 12.3 Å². The summed E-state index contributed by atoms with van der Waals surface area (Å²) in [5.41, 5.74) is 5.33. The van der Waals surface area contributed by atoms with Crippen LogP contribution in [0.3, 0.4) is 0 Å². The molecule has 0 atom stereocenters. The number of nitrogens with one attached hydrogen (secondary N) is 1. The first-order valence-electron chi connectivity index (χ1n) is 5.51. The van der Waals surface area contributed by atoms with Crippen molar-refractivity contribution < 1.29 is 4.79 Å². The van der Waals surface area contributed by atoms with Gasteiger partial charge >= 0.3 is 0 Å². The third-order valence-corrected chi connectivity index (χ3v) is 3.13. The lowest BCUT2D eigenvalue weighted by Gasteiger charge is -2.17. The molecule has 1 amide bonds. The Morgan fingerprint density at radius 1 is 1.40 bits per heavy atom. The molecule has 0 fully saturated rings. The third kappa shape index (κ3) is 8.72. The molecular weight excluding hydrogens is 210 g/mol. The van der Waals surface area contributed by atoms with Crippen LogP contribution in [0.15, 0.2) is 0 Å². The normalized spacial score (nSPS) is 10.7. The Labute approximate surface area is 97.0 Å². The Balaban J connectivity index is 3.37. The van der Waals surface area contributed by atoms with Gasteiger partial charge < -0.3 is 16.0 Å². The van der Waals surface area contributed by atoms with Gasteiger partial charge in [0.05, 0.1) is 5.75 Å². The quantitative estimate of drug-likeness (QED) is 0.556. The summed E-state index contributed by atoms with van der Waals surface area (Å²) >= 11 is 1.58. The Bertz CT molecular complexity index is 163. The summed E-state index contributed by atoms with van der Waals surface area (Å²) in [7, 11) is 0. The fourth-order valence-corrected chi connectivity index (χ4v) is 1.79. The molecule has 0 saturated carbocycles. The lowest BCUT2D eigenvalue weighted by atomic mass is 10.4. The number of carbonyl (C=O) groups is 1. The molecule has 4 nitrogen and oxygen atoms in total. The van der Waals surface area contributed by atoms with E-state index in [2.05, 4.69) is 24.1 Å². The second-order valence-electron chi connectivity index (χ2n) is 3.22. The van der Waals surface area contributed by atoms with Crippen molar-refractivity contribution in [3.63, 3.8) is 0 Å². The summed E-state index contributed by atoms with van der Waals surface area (Å²) in [6.45, 7) is 8.63. The molecule has 0 unspecified atom stereocenters. The molecule has 0 spiro atoms. The highest BCUT2D eigenvalue weighted by molar-refractivity contribution is 7.99. The van der Waals surface area contributed by atoms with Crippen LogP contribution >= 0.6 is 11.8 Å². The molecule has 0 saturated heterocycles. The van der Waals surface area contributed by atoms with Crippen molar-refractivity contribution in [2.75, 3.05) is 44.2 Å². The zero-order chi connectivity index (χ0) is 11.5. The maximum absolute atomic E-state index is 11.3. The van der Waals surface area contributed by atoms with Crippen molar-refractivity contribution in [3.8, 4) is 0 Å². The highest BCUT2D eigenvalue weighted by atomic mass is 32.2. The first-order valence-corrected chi connectivity index (χ1v) is 6.66. The molecule has 0 aliphatic carbocycles. The maximum atomic E-state index is 11.3. The Morgan fingerprint density at radius 3 is 2.60 bits per heavy atom. The molecule has 0 aliphatic rings. The minimum absolute atomic E-state index is 0.112. The number of hydrogen-bond donors (Lipinski definition) is 2. The molecule has 15 heavy (non-hydrogen) atoms. The van der Waals surface area contributed by atoms with E-state index in [1.54, 1.807) is 11.8 Å². The summed E-state index contributed by atoms with van der Waals surface area (Å²) < 4.78 is 0. The zero-order valence-corrected chi connectivity index (χ0v) is 10.6. The Hall–Kier alpha value is -0.260. The minimum atomic E-state index is 0.112. The van der Waals surface area contributed by atoms with Gasteiger partial charge in [-0.15, -0.1) is 0 Å². The predicted molar refractivity (Wildman–Crippen MR) is 67.2 cm³/mol. The average Bonchev–Trinajstić information content (AvgIpc) is 2.25. The van der Waals surface area contributed by atoms with Gasteiger partial charge in [0.25, 0.3) is 0 Å². The number of rotatable bonds is 9. The van der Waals surface area contributed by atoms with Crippen LogP contribution in [-0.2, 0) is 4.79 Å². The van der Waals surface area contributed by atoms with Gasteiger partial charge in [0.2, 0.25) is 5.91 Å². The fourth-order valence-electron chi connectivity index (χ4n) is 1.19. The van der Waals surface area contributed by atoms with Crippen LogP contribution in [0.1, 0.15) is 13.8 Å². The number of likely N-dealkylation sites (N-methyl/N-ethyl adjacent to an activating group) is 1.